The van der Waals surface area contributed by atoms with Gasteiger partial charge in [-0.05, 0) is 18.2 Å². The smallest absolute Gasteiger partial charge is 0.328 e. The highest BCUT2D eigenvalue weighted by atomic mass is 32.1. The third kappa shape index (κ3) is 4.38. The van der Waals surface area contributed by atoms with Crippen LogP contribution in [0.25, 0.3) is 6.08 Å². The molecule has 0 unspecified atom stereocenters. The van der Waals surface area contributed by atoms with E-state index in [-0.39, 0.29) is 18.4 Å². The maximum Gasteiger partial charge on any atom is 0.328 e. The molecule has 1 rings (SSSR count). The number of hydrogen-bond acceptors (Lipinski definition) is 4. The maximum absolute atomic E-state index is 11.6. The highest BCUT2D eigenvalue weighted by Crippen LogP contribution is 2.17. The third-order valence-corrected chi connectivity index (χ3v) is 2.98. The van der Waals surface area contributed by atoms with Gasteiger partial charge >= 0.3 is 5.97 Å². The average molecular weight is 268 g/mol. The fourth-order valence-electron chi connectivity index (χ4n) is 1.05. The summed E-state index contributed by atoms with van der Waals surface area (Å²) in [5, 5.41) is 13.3. The molecule has 7 heteroatoms. The Kier molecular flexibility index (Phi) is 5.06. The fraction of sp³-hybridized carbons (Fsp3) is 0.182. The Morgan fingerprint density at radius 1 is 1.39 bits per heavy atom. The Labute approximate surface area is 107 Å². The number of carboxylic acids is 1. The number of thiophene rings is 1. The van der Waals surface area contributed by atoms with E-state index in [1.165, 1.54) is 13.1 Å². The molecule has 0 radical (unpaired) electrons. The van der Waals surface area contributed by atoms with Crippen LogP contribution in [0.3, 0.4) is 0 Å². The predicted molar refractivity (Wildman–Crippen MR) is 67.4 cm³/mol. The van der Waals surface area contributed by atoms with Crippen LogP contribution in [-0.4, -0.2) is 36.5 Å². The van der Waals surface area contributed by atoms with Gasteiger partial charge in [0.1, 0.15) is 0 Å². The monoisotopic (exact) mass is 268 g/mol. The van der Waals surface area contributed by atoms with Crippen molar-refractivity contribution in [2.24, 2.45) is 0 Å². The Hall–Kier alpha value is -2.15. The molecule has 3 N–H and O–H groups in total. The molecule has 0 atom stereocenters. The summed E-state index contributed by atoms with van der Waals surface area (Å²) >= 11 is 1.15. The van der Waals surface area contributed by atoms with Crippen molar-refractivity contribution in [3.05, 3.63) is 28.0 Å². The summed E-state index contributed by atoms with van der Waals surface area (Å²) in [5.41, 5.74) is 0. The van der Waals surface area contributed by atoms with Crippen molar-refractivity contribution in [1.29, 1.82) is 0 Å². The van der Waals surface area contributed by atoms with E-state index in [1.54, 1.807) is 12.1 Å². The zero-order valence-corrected chi connectivity index (χ0v) is 10.4. The lowest BCUT2D eigenvalue weighted by molar-refractivity contribution is -0.131. The molecule has 1 aromatic heterocycles. The van der Waals surface area contributed by atoms with E-state index < -0.39 is 5.97 Å². The molecule has 0 aromatic carbocycles. The number of carbonyl (C=O) groups is 3. The van der Waals surface area contributed by atoms with Crippen molar-refractivity contribution >= 4 is 35.2 Å². The second kappa shape index (κ2) is 6.55. The first-order valence-electron chi connectivity index (χ1n) is 5.02. The SMILES string of the molecule is CNC(=O)CNC(=O)c1ccc(/C=C/C(=O)O)s1. The van der Waals surface area contributed by atoms with Crippen LogP contribution >= 0.6 is 11.3 Å². The summed E-state index contributed by atoms with van der Waals surface area (Å²) in [6.07, 6.45) is 2.40. The molecule has 0 fully saturated rings. The molecule has 1 aromatic rings. The van der Waals surface area contributed by atoms with Crippen LogP contribution in [-0.2, 0) is 9.59 Å². The van der Waals surface area contributed by atoms with Crippen molar-refractivity contribution in [3.8, 4) is 0 Å². The lowest BCUT2D eigenvalue weighted by Gasteiger charge is -2.01. The Balaban J connectivity index is 2.59. The quantitative estimate of drug-likeness (QED) is 0.670. The number of likely N-dealkylation sites (N-methyl/N-ethyl adjacent to an activating group) is 1. The third-order valence-electron chi connectivity index (χ3n) is 1.93. The summed E-state index contributed by atoms with van der Waals surface area (Å²) in [6, 6.07) is 3.21. The summed E-state index contributed by atoms with van der Waals surface area (Å²) in [7, 11) is 1.48. The molecule has 0 aliphatic rings. The Morgan fingerprint density at radius 2 is 2.11 bits per heavy atom. The van der Waals surface area contributed by atoms with Crippen LogP contribution in [0.4, 0.5) is 0 Å². The second-order valence-electron chi connectivity index (χ2n) is 3.23. The summed E-state index contributed by atoms with van der Waals surface area (Å²) in [4.78, 5) is 33.9. The number of carboxylic acid groups (broad SMARTS) is 1. The molecule has 1 heterocycles. The number of hydrogen-bond donors (Lipinski definition) is 3. The van der Waals surface area contributed by atoms with E-state index in [2.05, 4.69) is 10.6 Å². The van der Waals surface area contributed by atoms with Gasteiger partial charge in [-0.3, -0.25) is 9.59 Å². The van der Waals surface area contributed by atoms with Gasteiger partial charge in [0.25, 0.3) is 5.91 Å². The van der Waals surface area contributed by atoms with Crippen LogP contribution in [0, 0.1) is 0 Å². The van der Waals surface area contributed by atoms with Crippen LogP contribution in [0.2, 0.25) is 0 Å². The van der Waals surface area contributed by atoms with Gasteiger partial charge in [0.15, 0.2) is 0 Å². The van der Waals surface area contributed by atoms with Crippen molar-refractivity contribution in [2.75, 3.05) is 13.6 Å². The van der Waals surface area contributed by atoms with Gasteiger partial charge < -0.3 is 15.7 Å². The number of nitrogens with one attached hydrogen (secondary N) is 2. The van der Waals surface area contributed by atoms with Crippen LogP contribution < -0.4 is 10.6 Å². The van der Waals surface area contributed by atoms with E-state index in [1.807, 2.05) is 0 Å². The van der Waals surface area contributed by atoms with E-state index in [0.29, 0.717) is 9.75 Å². The first-order chi connectivity index (χ1) is 8.52. The minimum atomic E-state index is -1.05. The Morgan fingerprint density at radius 3 is 2.72 bits per heavy atom. The number of carbonyl (C=O) groups excluding carboxylic acids is 2. The molecule has 2 amide bonds. The van der Waals surface area contributed by atoms with Crippen molar-refractivity contribution < 1.29 is 19.5 Å². The van der Waals surface area contributed by atoms with E-state index >= 15 is 0 Å². The first-order valence-corrected chi connectivity index (χ1v) is 5.84. The van der Waals surface area contributed by atoms with Crippen molar-refractivity contribution in [1.82, 2.24) is 10.6 Å². The lowest BCUT2D eigenvalue weighted by Crippen LogP contribution is -2.34. The molecular weight excluding hydrogens is 256 g/mol. The second-order valence-corrected chi connectivity index (χ2v) is 4.34. The molecule has 6 nitrogen and oxygen atoms in total. The van der Waals surface area contributed by atoms with Crippen LogP contribution in [0.1, 0.15) is 14.5 Å². The molecule has 0 bridgehead atoms. The molecule has 0 aliphatic heterocycles. The molecule has 96 valence electrons. The molecule has 18 heavy (non-hydrogen) atoms. The molecule has 0 spiro atoms. The predicted octanol–water partition coefficient (Wildman–Crippen LogP) is 0.322. The summed E-state index contributed by atoms with van der Waals surface area (Å²) < 4.78 is 0. The fourth-order valence-corrected chi connectivity index (χ4v) is 1.88. The molecule has 0 saturated heterocycles. The van der Waals surface area contributed by atoms with Gasteiger partial charge in [0, 0.05) is 18.0 Å². The van der Waals surface area contributed by atoms with Crippen LogP contribution in [0.15, 0.2) is 18.2 Å². The van der Waals surface area contributed by atoms with Gasteiger partial charge in [0.05, 0.1) is 11.4 Å². The highest BCUT2D eigenvalue weighted by molar-refractivity contribution is 7.14. The van der Waals surface area contributed by atoms with Crippen LogP contribution in [0.5, 0.6) is 0 Å². The molecule has 0 saturated carbocycles. The first kappa shape index (κ1) is 13.9. The maximum atomic E-state index is 11.6. The van der Waals surface area contributed by atoms with Gasteiger partial charge in [-0.1, -0.05) is 0 Å². The summed E-state index contributed by atoms with van der Waals surface area (Å²) in [5.74, 6) is -1.70. The minimum absolute atomic E-state index is 0.0898. The highest BCUT2D eigenvalue weighted by Gasteiger charge is 2.09. The average Bonchev–Trinajstić information content (AvgIpc) is 2.81. The summed E-state index contributed by atoms with van der Waals surface area (Å²) in [6.45, 7) is -0.0898. The van der Waals surface area contributed by atoms with Gasteiger partial charge in [-0.2, -0.15) is 0 Å². The van der Waals surface area contributed by atoms with Crippen molar-refractivity contribution in [3.63, 3.8) is 0 Å². The van der Waals surface area contributed by atoms with E-state index in [0.717, 1.165) is 17.4 Å². The van der Waals surface area contributed by atoms with Crippen molar-refractivity contribution in [2.45, 2.75) is 0 Å². The normalized spacial score (nSPS) is 10.3. The van der Waals surface area contributed by atoms with E-state index in [4.69, 9.17) is 5.11 Å². The zero-order valence-electron chi connectivity index (χ0n) is 9.60. The van der Waals surface area contributed by atoms with E-state index in [9.17, 15) is 14.4 Å². The van der Waals surface area contributed by atoms with Gasteiger partial charge in [0.2, 0.25) is 5.91 Å². The minimum Gasteiger partial charge on any atom is -0.478 e. The topological polar surface area (TPSA) is 95.5 Å². The molecular formula is C11H12N2O4S. The van der Waals surface area contributed by atoms with Gasteiger partial charge in [-0.15, -0.1) is 11.3 Å². The number of rotatable bonds is 5. The standard InChI is InChI=1S/C11H12N2O4S/c1-12-9(14)6-13-11(17)8-4-2-7(18-8)3-5-10(15)16/h2-5H,6H2,1H3,(H,12,14)(H,13,17)(H,15,16)/b5-3+. The number of aliphatic carboxylic acids is 1. The Bertz CT molecular complexity index is 493. The molecule has 0 aliphatic carbocycles. The number of amides is 2. The van der Waals surface area contributed by atoms with Gasteiger partial charge in [-0.25, -0.2) is 4.79 Å². The lowest BCUT2D eigenvalue weighted by atomic mass is 10.4. The zero-order chi connectivity index (χ0) is 13.5. The largest absolute Gasteiger partial charge is 0.478 e.